The average Bonchev–Trinajstić information content (AvgIpc) is 2.31. The van der Waals surface area contributed by atoms with Crippen molar-refractivity contribution in [3.63, 3.8) is 0 Å². The second kappa shape index (κ2) is 8.17. The highest BCUT2D eigenvalue weighted by molar-refractivity contribution is 7.80. The van der Waals surface area contributed by atoms with Crippen molar-refractivity contribution in [2.45, 2.75) is 34.1 Å². The van der Waals surface area contributed by atoms with Crippen LogP contribution in [0.2, 0.25) is 0 Å². The van der Waals surface area contributed by atoms with E-state index in [9.17, 15) is 0 Å². The summed E-state index contributed by atoms with van der Waals surface area (Å²) in [5, 5.41) is 3.33. The van der Waals surface area contributed by atoms with Gasteiger partial charge in [-0.2, -0.15) is 0 Å². The van der Waals surface area contributed by atoms with E-state index in [-0.39, 0.29) is 0 Å². The fourth-order valence-electron chi connectivity index (χ4n) is 1.96. The summed E-state index contributed by atoms with van der Waals surface area (Å²) >= 11 is 5.10. The van der Waals surface area contributed by atoms with E-state index in [1.807, 2.05) is 19.9 Å². The summed E-state index contributed by atoms with van der Waals surface area (Å²) in [4.78, 5) is 4.77. The third kappa shape index (κ3) is 5.43. The van der Waals surface area contributed by atoms with Gasteiger partial charge in [0.2, 0.25) is 0 Å². The van der Waals surface area contributed by atoms with Gasteiger partial charge in [-0.3, -0.25) is 4.98 Å². The predicted molar refractivity (Wildman–Crippen MR) is 88.4 cm³/mol. The fraction of sp³-hybridized carbons (Fsp3) is 0.600. The summed E-state index contributed by atoms with van der Waals surface area (Å²) in [6, 6.07) is 1.97. The van der Waals surface area contributed by atoms with Crippen molar-refractivity contribution in [1.82, 2.24) is 4.98 Å². The Balaban J connectivity index is 2.53. The van der Waals surface area contributed by atoms with Crippen molar-refractivity contribution >= 4 is 22.9 Å². The first-order chi connectivity index (χ1) is 9.41. The number of hydrogen-bond donors (Lipinski definition) is 2. The Bertz CT molecular complexity index is 461. The molecular weight excluding hydrogens is 270 g/mol. The number of aryl methyl sites for hydroxylation is 2. The van der Waals surface area contributed by atoms with E-state index in [0.717, 1.165) is 42.2 Å². The number of hydrogen-bond acceptors (Lipinski definition) is 4. The van der Waals surface area contributed by atoms with Gasteiger partial charge in [-0.25, -0.2) is 0 Å². The maximum Gasteiger partial charge on any atom is 0.107 e. The lowest BCUT2D eigenvalue weighted by atomic mass is 10.1. The Hall–Kier alpha value is -1.20. The molecule has 0 amide bonds. The van der Waals surface area contributed by atoms with E-state index >= 15 is 0 Å². The minimum Gasteiger partial charge on any atom is -0.389 e. The number of nitrogens with two attached hydrogens (primary N) is 1. The van der Waals surface area contributed by atoms with E-state index in [2.05, 4.69) is 24.1 Å². The molecule has 1 aromatic heterocycles. The van der Waals surface area contributed by atoms with Crippen LogP contribution in [0.1, 0.15) is 37.2 Å². The van der Waals surface area contributed by atoms with Crippen LogP contribution in [0.5, 0.6) is 0 Å². The molecule has 0 spiro atoms. The SMILES string of the molecule is Cc1cc(NCCOCCC(C)C)c(C(N)=S)c(C)n1. The smallest absolute Gasteiger partial charge is 0.107 e. The monoisotopic (exact) mass is 295 g/mol. The summed E-state index contributed by atoms with van der Waals surface area (Å²) in [7, 11) is 0. The molecule has 0 saturated carbocycles. The van der Waals surface area contributed by atoms with Crippen molar-refractivity contribution in [3.8, 4) is 0 Å². The van der Waals surface area contributed by atoms with E-state index < -0.39 is 0 Å². The summed E-state index contributed by atoms with van der Waals surface area (Å²) in [6.45, 7) is 10.5. The predicted octanol–water partition coefficient (Wildman–Crippen LogP) is 2.81. The topological polar surface area (TPSA) is 60.2 Å². The first-order valence-electron chi connectivity index (χ1n) is 7.01. The Morgan fingerprint density at radius 2 is 2.10 bits per heavy atom. The van der Waals surface area contributed by atoms with Crippen LogP contribution in [-0.4, -0.2) is 29.7 Å². The van der Waals surface area contributed by atoms with Crippen molar-refractivity contribution in [2.75, 3.05) is 25.1 Å². The van der Waals surface area contributed by atoms with Gasteiger partial charge in [-0.15, -0.1) is 0 Å². The Labute approximate surface area is 127 Å². The number of pyridine rings is 1. The number of aromatic nitrogens is 1. The molecule has 0 aliphatic rings. The molecule has 0 fully saturated rings. The lowest BCUT2D eigenvalue weighted by Crippen LogP contribution is -2.18. The molecule has 0 atom stereocenters. The number of nitrogens with zero attached hydrogens (tertiary/aromatic N) is 1. The molecule has 20 heavy (non-hydrogen) atoms. The summed E-state index contributed by atoms with van der Waals surface area (Å²) in [5.74, 6) is 0.676. The summed E-state index contributed by atoms with van der Waals surface area (Å²) < 4.78 is 5.58. The average molecular weight is 295 g/mol. The minimum absolute atomic E-state index is 0.373. The first kappa shape index (κ1) is 16.9. The van der Waals surface area contributed by atoms with Crippen molar-refractivity contribution in [3.05, 3.63) is 23.0 Å². The molecular formula is C15H25N3OS. The van der Waals surface area contributed by atoms with Crippen LogP contribution in [0.3, 0.4) is 0 Å². The van der Waals surface area contributed by atoms with Gasteiger partial charge >= 0.3 is 0 Å². The van der Waals surface area contributed by atoms with E-state index in [1.54, 1.807) is 0 Å². The van der Waals surface area contributed by atoms with Gasteiger partial charge in [0.05, 0.1) is 12.2 Å². The van der Waals surface area contributed by atoms with Gasteiger partial charge in [0.1, 0.15) is 4.99 Å². The quantitative estimate of drug-likeness (QED) is 0.570. The number of rotatable bonds is 8. The molecule has 0 aliphatic heterocycles. The van der Waals surface area contributed by atoms with E-state index in [4.69, 9.17) is 22.7 Å². The molecule has 1 aromatic rings. The van der Waals surface area contributed by atoms with Crippen molar-refractivity contribution in [2.24, 2.45) is 11.7 Å². The molecule has 1 heterocycles. The third-order valence-electron chi connectivity index (χ3n) is 2.98. The van der Waals surface area contributed by atoms with Gasteiger partial charge in [0.25, 0.3) is 0 Å². The minimum atomic E-state index is 0.373. The second-order valence-electron chi connectivity index (χ2n) is 5.36. The summed E-state index contributed by atoms with van der Waals surface area (Å²) in [5.41, 5.74) is 9.35. The molecule has 112 valence electrons. The number of thiocarbonyl (C=S) groups is 1. The molecule has 4 nitrogen and oxygen atoms in total. The molecule has 0 aliphatic carbocycles. The molecule has 0 aromatic carbocycles. The zero-order valence-corrected chi connectivity index (χ0v) is 13.6. The standard InChI is InChI=1S/C15H25N3OS/c1-10(2)5-7-19-8-6-17-13-9-11(3)18-12(4)14(13)15(16)20/h9-10H,5-8H2,1-4H3,(H2,16,20)(H,17,18). The van der Waals surface area contributed by atoms with Gasteiger partial charge < -0.3 is 15.8 Å². The highest BCUT2D eigenvalue weighted by atomic mass is 32.1. The fourth-order valence-corrected chi connectivity index (χ4v) is 2.22. The number of anilines is 1. The molecule has 5 heteroatoms. The van der Waals surface area contributed by atoms with Crippen LogP contribution in [-0.2, 0) is 4.74 Å². The van der Waals surface area contributed by atoms with Crippen LogP contribution in [0, 0.1) is 19.8 Å². The lowest BCUT2D eigenvalue weighted by Gasteiger charge is -2.14. The number of ether oxygens (including phenoxy) is 1. The molecule has 0 saturated heterocycles. The maximum absolute atomic E-state index is 5.77. The van der Waals surface area contributed by atoms with E-state index in [1.165, 1.54) is 0 Å². The molecule has 3 N–H and O–H groups in total. The third-order valence-corrected chi connectivity index (χ3v) is 3.18. The molecule has 0 unspecified atom stereocenters. The first-order valence-corrected chi connectivity index (χ1v) is 7.42. The zero-order chi connectivity index (χ0) is 15.1. The van der Waals surface area contributed by atoms with Crippen LogP contribution >= 0.6 is 12.2 Å². The Kier molecular flexibility index (Phi) is 6.88. The Morgan fingerprint density at radius 3 is 2.70 bits per heavy atom. The van der Waals surface area contributed by atoms with E-state index in [0.29, 0.717) is 17.5 Å². The molecule has 0 radical (unpaired) electrons. The van der Waals surface area contributed by atoms with Crippen LogP contribution in [0.15, 0.2) is 6.07 Å². The molecule has 0 bridgehead atoms. The second-order valence-corrected chi connectivity index (χ2v) is 5.80. The number of nitrogens with one attached hydrogen (secondary N) is 1. The lowest BCUT2D eigenvalue weighted by molar-refractivity contribution is 0.132. The Morgan fingerprint density at radius 1 is 1.40 bits per heavy atom. The van der Waals surface area contributed by atoms with Gasteiger partial charge in [0.15, 0.2) is 0 Å². The van der Waals surface area contributed by atoms with Gasteiger partial charge in [-0.05, 0) is 32.3 Å². The van der Waals surface area contributed by atoms with Gasteiger partial charge in [-0.1, -0.05) is 26.1 Å². The molecule has 1 rings (SSSR count). The van der Waals surface area contributed by atoms with Crippen LogP contribution in [0.4, 0.5) is 5.69 Å². The maximum atomic E-state index is 5.77. The highest BCUT2D eigenvalue weighted by Gasteiger charge is 2.10. The van der Waals surface area contributed by atoms with Crippen LogP contribution < -0.4 is 11.1 Å². The largest absolute Gasteiger partial charge is 0.389 e. The zero-order valence-electron chi connectivity index (χ0n) is 12.8. The summed E-state index contributed by atoms with van der Waals surface area (Å²) in [6.07, 6.45) is 1.09. The van der Waals surface area contributed by atoms with Crippen molar-refractivity contribution < 1.29 is 4.74 Å². The van der Waals surface area contributed by atoms with Crippen LogP contribution in [0.25, 0.3) is 0 Å². The van der Waals surface area contributed by atoms with Crippen molar-refractivity contribution in [1.29, 1.82) is 0 Å². The van der Waals surface area contributed by atoms with Gasteiger partial charge in [0, 0.05) is 30.2 Å². The highest BCUT2D eigenvalue weighted by Crippen LogP contribution is 2.19. The normalized spacial score (nSPS) is 10.8.